The molecule has 2 heterocycles. The summed E-state index contributed by atoms with van der Waals surface area (Å²) in [5.74, 6) is 1.25. The summed E-state index contributed by atoms with van der Waals surface area (Å²) < 4.78 is 10.6. The highest BCUT2D eigenvalue weighted by Crippen LogP contribution is 2.32. The van der Waals surface area contributed by atoms with Gasteiger partial charge in [-0.15, -0.1) is 0 Å². The van der Waals surface area contributed by atoms with Gasteiger partial charge in [0.05, 0.1) is 5.92 Å². The van der Waals surface area contributed by atoms with Gasteiger partial charge >= 0.3 is 0 Å². The molecule has 2 amide bonds. The number of carbonyl (C=O) groups excluding carboxylic acids is 2. The normalized spacial score (nSPS) is 19.5. The summed E-state index contributed by atoms with van der Waals surface area (Å²) in [5.41, 5.74) is 0.878. The SMILES string of the molecule is CC(C)NC(=O)C1CCCN(C(=O)C=Cc2ccc3c(c2)OCO3)C1. The van der Waals surface area contributed by atoms with Crippen LogP contribution in [0.4, 0.5) is 0 Å². The number of likely N-dealkylation sites (tertiary alicyclic amines) is 1. The minimum Gasteiger partial charge on any atom is -0.454 e. The monoisotopic (exact) mass is 344 g/mol. The second-order valence-electron chi connectivity index (χ2n) is 6.73. The third-order valence-corrected chi connectivity index (χ3v) is 4.35. The van der Waals surface area contributed by atoms with Gasteiger partial charge in [-0.2, -0.15) is 0 Å². The number of benzene rings is 1. The molecule has 6 heteroatoms. The van der Waals surface area contributed by atoms with Crippen LogP contribution in [0.25, 0.3) is 6.08 Å². The molecule has 1 unspecified atom stereocenters. The molecular formula is C19H24N2O4. The van der Waals surface area contributed by atoms with Gasteiger partial charge in [-0.25, -0.2) is 0 Å². The summed E-state index contributed by atoms with van der Waals surface area (Å²) >= 11 is 0. The fourth-order valence-electron chi connectivity index (χ4n) is 3.08. The number of rotatable bonds is 4. The molecule has 0 aromatic heterocycles. The van der Waals surface area contributed by atoms with Crippen LogP contribution >= 0.6 is 0 Å². The maximum atomic E-state index is 12.4. The maximum Gasteiger partial charge on any atom is 0.246 e. The molecule has 1 aromatic rings. The molecule has 0 bridgehead atoms. The third-order valence-electron chi connectivity index (χ3n) is 4.35. The van der Waals surface area contributed by atoms with Crippen molar-refractivity contribution in [2.45, 2.75) is 32.7 Å². The van der Waals surface area contributed by atoms with Crippen molar-refractivity contribution in [3.05, 3.63) is 29.8 Å². The number of nitrogens with one attached hydrogen (secondary N) is 1. The molecule has 1 fully saturated rings. The molecule has 0 aliphatic carbocycles. The van der Waals surface area contributed by atoms with Crippen molar-refractivity contribution >= 4 is 17.9 Å². The number of hydrogen-bond acceptors (Lipinski definition) is 4. The van der Waals surface area contributed by atoms with Crippen LogP contribution < -0.4 is 14.8 Å². The van der Waals surface area contributed by atoms with Crippen LogP contribution in [0.2, 0.25) is 0 Å². The van der Waals surface area contributed by atoms with Gasteiger partial charge in [0.25, 0.3) is 0 Å². The molecule has 2 aliphatic heterocycles. The van der Waals surface area contributed by atoms with E-state index in [1.54, 1.807) is 17.1 Å². The fraction of sp³-hybridized carbons (Fsp3) is 0.474. The van der Waals surface area contributed by atoms with Crippen LogP contribution in [0.15, 0.2) is 24.3 Å². The molecule has 0 saturated carbocycles. The lowest BCUT2D eigenvalue weighted by atomic mass is 9.96. The lowest BCUT2D eigenvalue weighted by molar-refractivity contribution is -0.132. The zero-order valence-electron chi connectivity index (χ0n) is 14.7. The van der Waals surface area contributed by atoms with Crippen LogP contribution in [0.1, 0.15) is 32.3 Å². The van der Waals surface area contributed by atoms with E-state index in [1.165, 1.54) is 0 Å². The minimum atomic E-state index is -0.126. The molecule has 6 nitrogen and oxygen atoms in total. The second-order valence-corrected chi connectivity index (χ2v) is 6.73. The Morgan fingerprint density at radius 2 is 2.08 bits per heavy atom. The van der Waals surface area contributed by atoms with Gasteiger partial charge in [-0.3, -0.25) is 9.59 Å². The van der Waals surface area contributed by atoms with E-state index < -0.39 is 0 Å². The van der Waals surface area contributed by atoms with Crippen LogP contribution in [0, 0.1) is 5.92 Å². The quantitative estimate of drug-likeness (QED) is 0.850. The molecule has 1 aromatic carbocycles. The summed E-state index contributed by atoms with van der Waals surface area (Å²) in [4.78, 5) is 26.4. The van der Waals surface area contributed by atoms with E-state index in [-0.39, 0.29) is 30.6 Å². The largest absolute Gasteiger partial charge is 0.454 e. The van der Waals surface area contributed by atoms with Crippen LogP contribution in [0.5, 0.6) is 11.5 Å². The molecule has 134 valence electrons. The Labute approximate surface area is 147 Å². The van der Waals surface area contributed by atoms with Gasteiger partial charge in [0.15, 0.2) is 11.5 Å². The number of fused-ring (bicyclic) bond motifs is 1. The second kappa shape index (κ2) is 7.59. The van der Waals surface area contributed by atoms with E-state index in [9.17, 15) is 9.59 Å². The molecule has 1 saturated heterocycles. The molecule has 1 N–H and O–H groups in total. The fourth-order valence-corrected chi connectivity index (χ4v) is 3.08. The number of nitrogens with zero attached hydrogens (tertiary/aromatic N) is 1. The Bertz CT molecular complexity index is 684. The number of piperidine rings is 1. The van der Waals surface area contributed by atoms with Gasteiger partial charge in [0, 0.05) is 25.2 Å². The number of ether oxygens (including phenoxy) is 2. The van der Waals surface area contributed by atoms with Crippen LogP contribution in [-0.2, 0) is 9.59 Å². The Kier molecular flexibility index (Phi) is 5.26. The first kappa shape index (κ1) is 17.3. The Morgan fingerprint density at radius 3 is 2.88 bits per heavy atom. The first-order chi connectivity index (χ1) is 12.0. The van der Waals surface area contributed by atoms with Crippen molar-refractivity contribution in [1.82, 2.24) is 10.2 Å². The highest BCUT2D eigenvalue weighted by Gasteiger charge is 2.27. The predicted octanol–water partition coefficient (Wildman–Crippen LogP) is 2.19. The standard InChI is InChI=1S/C19H24N2O4/c1-13(2)20-19(23)15-4-3-9-21(11-15)18(22)8-6-14-5-7-16-17(10-14)25-12-24-16/h5-8,10,13,15H,3-4,9,11-12H2,1-2H3,(H,20,23). The zero-order valence-corrected chi connectivity index (χ0v) is 14.7. The van der Waals surface area contributed by atoms with Gasteiger partial charge in [0.2, 0.25) is 18.6 Å². The van der Waals surface area contributed by atoms with Gasteiger partial charge in [-0.05, 0) is 50.5 Å². The summed E-state index contributed by atoms with van der Waals surface area (Å²) in [6, 6.07) is 5.68. The maximum absolute atomic E-state index is 12.4. The van der Waals surface area contributed by atoms with E-state index in [0.29, 0.717) is 18.8 Å². The van der Waals surface area contributed by atoms with Crippen LogP contribution in [-0.4, -0.2) is 42.6 Å². The molecule has 1 atom stereocenters. The van der Waals surface area contributed by atoms with Crippen molar-refractivity contribution in [2.24, 2.45) is 5.92 Å². The smallest absolute Gasteiger partial charge is 0.246 e. The molecule has 0 radical (unpaired) electrons. The first-order valence-corrected chi connectivity index (χ1v) is 8.70. The predicted molar refractivity (Wildman–Crippen MR) is 94.2 cm³/mol. The van der Waals surface area contributed by atoms with Crippen molar-refractivity contribution in [3.8, 4) is 11.5 Å². The summed E-state index contributed by atoms with van der Waals surface area (Å²) in [7, 11) is 0. The summed E-state index contributed by atoms with van der Waals surface area (Å²) in [6.45, 7) is 5.28. The average molecular weight is 344 g/mol. The van der Waals surface area contributed by atoms with Crippen molar-refractivity contribution in [2.75, 3.05) is 19.9 Å². The van der Waals surface area contributed by atoms with Gasteiger partial charge in [-0.1, -0.05) is 6.07 Å². The van der Waals surface area contributed by atoms with E-state index >= 15 is 0 Å². The van der Waals surface area contributed by atoms with Gasteiger partial charge in [0.1, 0.15) is 0 Å². The molecule has 25 heavy (non-hydrogen) atoms. The molecule has 3 rings (SSSR count). The molecule has 0 spiro atoms. The zero-order chi connectivity index (χ0) is 17.8. The third kappa shape index (κ3) is 4.32. The van der Waals surface area contributed by atoms with Gasteiger partial charge < -0.3 is 19.7 Å². The van der Waals surface area contributed by atoms with E-state index in [4.69, 9.17) is 9.47 Å². The summed E-state index contributed by atoms with van der Waals surface area (Å²) in [5, 5.41) is 2.93. The van der Waals surface area contributed by atoms with E-state index in [0.717, 1.165) is 24.2 Å². The lowest BCUT2D eigenvalue weighted by Gasteiger charge is -2.31. The molecule has 2 aliphatic rings. The van der Waals surface area contributed by atoms with Crippen LogP contribution in [0.3, 0.4) is 0 Å². The lowest BCUT2D eigenvalue weighted by Crippen LogP contribution is -2.46. The Hall–Kier alpha value is -2.50. The highest BCUT2D eigenvalue weighted by molar-refractivity contribution is 5.92. The topological polar surface area (TPSA) is 67.9 Å². The highest BCUT2D eigenvalue weighted by atomic mass is 16.7. The number of carbonyl (C=O) groups is 2. The van der Waals surface area contributed by atoms with Crippen molar-refractivity contribution < 1.29 is 19.1 Å². The van der Waals surface area contributed by atoms with E-state index in [1.807, 2.05) is 32.0 Å². The van der Waals surface area contributed by atoms with Crippen molar-refractivity contribution in [3.63, 3.8) is 0 Å². The van der Waals surface area contributed by atoms with E-state index in [2.05, 4.69) is 5.32 Å². The molecular weight excluding hydrogens is 320 g/mol. The first-order valence-electron chi connectivity index (χ1n) is 8.70. The number of amides is 2. The Balaban J connectivity index is 1.59. The average Bonchev–Trinajstić information content (AvgIpc) is 3.07. The number of hydrogen-bond donors (Lipinski definition) is 1. The summed E-state index contributed by atoms with van der Waals surface area (Å²) in [6.07, 6.45) is 5.00. The van der Waals surface area contributed by atoms with Crippen molar-refractivity contribution in [1.29, 1.82) is 0 Å². The minimum absolute atomic E-state index is 0.0345. The Morgan fingerprint density at radius 1 is 1.28 bits per heavy atom.